The summed E-state index contributed by atoms with van der Waals surface area (Å²) in [4.78, 5) is 21.3. The van der Waals surface area contributed by atoms with Crippen molar-refractivity contribution in [1.29, 1.82) is 0 Å². The lowest BCUT2D eigenvalue weighted by Crippen LogP contribution is -2.09. The van der Waals surface area contributed by atoms with Crippen LogP contribution in [0.4, 0.5) is 0 Å². The predicted molar refractivity (Wildman–Crippen MR) is 137 cm³/mol. The van der Waals surface area contributed by atoms with E-state index in [1.54, 1.807) is 0 Å². The van der Waals surface area contributed by atoms with Gasteiger partial charge in [-0.3, -0.25) is 4.79 Å². The van der Waals surface area contributed by atoms with E-state index in [0.29, 0.717) is 13.0 Å². The lowest BCUT2D eigenvalue weighted by Gasteiger charge is -2.12. The van der Waals surface area contributed by atoms with Crippen LogP contribution in [0.1, 0.15) is 115 Å². The third-order valence-corrected chi connectivity index (χ3v) is 6.25. The molecule has 33 heavy (non-hydrogen) atoms. The first-order valence-electron chi connectivity index (χ1n) is 13.2. The third kappa shape index (κ3) is 11.0. The smallest absolute Gasteiger partial charge is 0.306 e. The van der Waals surface area contributed by atoms with Crippen molar-refractivity contribution in [2.45, 2.75) is 110 Å². The fourth-order valence-corrected chi connectivity index (χ4v) is 4.02. The molecule has 0 saturated heterocycles. The van der Waals surface area contributed by atoms with Crippen LogP contribution >= 0.6 is 0 Å². The summed E-state index contributed by atoms with van der Waals surface area (Å²) in [6, 6.07) is 8.25. The zero-order valence-corrected chi connectivity index (χ0v) is 21.2. The van der Waals surface area contributed by atoms with Gasteiger partial charge < -0.3 is 4.74 Å². The van der Waals surface area contributed by atoms with Gasteiger partial charge in [0.1, 0.15) is 0 Å². The van der Waals surface area contributed by atoms with Gasteiger partial charge in [-0.15, -0.1) is 0 Å². The average Bonchev–Trinajstić information content (AvgIpc) is 2.84. The van der Waals surface area contributed by atoms with Gasteiger partial charge in [0.2, 0.25) is 0 Å². The van der Waals surface area contributed by atoms with Crippen molar-refractivity contribution in [2.24, 2.45) is 0 Å². The molecule has 0 fully saturated rings. The highest BCUT2D eigenvalue weighted by Crippen LogP contribution is 2.23. The minimum atomic E-state index is -0.108. The van der Waals surface area contributed by atoms with Crippen LogP contribution < -0.4 is 0 Å². The van der Waals surface area contributed by atoms with E-state index in [4.69, 9.17) is 4.74 Å². The van der Waals surface area contributed by atoms with E-state index in [2.05, 4.69) is 42.9 Å². The van der Waals surface area contributed by atoms with E-state index in [-0.39, 0.29) is 11.9 Å². The molecule has 1 aromatic heterocycles. The van der Waals surface area contributed by atoms with Gasteiger partial charge in [-0.25, -0.2) is 9.97 Å². The summed E-state index contributed by atoms with van der Waals surface area (Å²) >= 11 is 0. The number of hydrogen-bond donors (Lipinski definition) is 0. The molecule has 2 rings (SSSR count). The molecule has 2 aromatic rings. The van der Waals surface area contributed by atoms with E-state index in [1.807, 2.05) is 24.5 Å². The molecular weight excluding hydrogens is 408 g/mol. The van der Waals surface area contributed by atoms with Crippen molar-refractivity contribution in [2.75, 3.05) is 6.61 Å². The van der Waals surface area contributed by atoms with Crippen LogP contribution in [0.3, 0.4) is 0 Å². The summed E-state index contributed by atoms with van der Waals surface area (Å²) in [5.74, 6) is 0.777. The zero-order valence-electron chi connectivity index (χ0n) is 21.2. The van der Waals surface area contributed by atoms with Crippen LogP contribution in [0.25, 0.3) is 11.4 Å². The van der Waals surface area contributed by atoms with Crippen molar-refractivity contribution in [3.05, 3.63) is 47.8 Å². The van der Waals surface area contributed by atoms with E-state index in [0.717, 1.165) is 36.2 Å². The SMILES string of the molecule is CCCCCCCCCc1cnc(-c2ccc(C(C)CC(=O)OCCCCCC)cc2)nc1. The van der Waals surface area contributed by atoms with Crippen LogP contribution in [0.5, 0.6) is 0 Å². The van der Waals surface area contributed by atoms with Crippen LogP contribution in [-0.4, -0.2) is 22.5 Å². The quantitative estimate of drug-likeness (QED) is 0.180. The Kier molecular flexibility index (Phi) is 13.4. The molecule has 0 aliphatic heterocycles. The number of nitrogens with zero attached hydrogens (tertiary/aromatic N) is 2. The van der Waals surface area contributed by atoms with Crippen molar-refractivity contribution < 1.29 is 9.53 Å². The summed E-state index contributed by atoms with van der Waals surface area (Å²) in [5.41, 5.74) is 3.36. The molecule has 1 unspecified atom stereocenters. The molecule has 0 amide bonds. The first-order valence-corrected chi connectivity index (χ1v) is 13.2. The van der Waals surface area contributed by atoms with Gasteiger partial charge in [0.05, 0.1) is 13.0 Å². The molecule has 1 aromatic carbocycles. The highest BCUT2D eigenvalue weighted by molar-refractivity contribution is 5.70. The molecule has 0 bridgehead atoms. The molecule has 0 N–H and O–H groups in total. The number of unbranched alkanes of at least 4 members (excludes halogenated alkanes) is 9. The number of aromatic nitrogens is 2. The number of rotatable bonds is 17. The minimum Gasteiger partial charge on any atom is -0.466 e. The van der Waals surface area contributed by atoms with Gasteiger partial charge in [-0.2, -0.15) is 0 Å². The molecule has 1 atom stereocenters. The highest BCUT2D eigenvalue weighted by atomic mass is 16.5. The Labute approximate surface area is 201 Å². The standard InChI is InChI=1S/C29H44N2O2/c1-4-6-8-10-11-12-13-15-25-22-30-29(31-23-25)27-18-16-26(17-19-27)24(3)21-28(32)33-20-14-9-7-5-2/h16-19,22-24H,4-15,20-21H2,1-3H3. The Balaban J connectivity index is 1.74. The lowest BCUT2D eigenvalue weighted by molar-refractivity contribution is -0.144. The van der Waals surface area contributed by atoms with Crippen LogP contribution in [0, 0.1) is 0 Å². The average molecular weight is 453 g/mol. The Morgan fingerprint density at radius 3 is 2.03 bits per heavy atom. The molecule has 4 heteroatoms. The maximum absolute atomic E-state index is 12.1. The van der Waals surface area contributed by atoms with Crippen LogP contribution in [0.15, 0.2) is 36.7 Å². The maximum Gasteiger partial charge on any atom is 0.306 e. The Bertz CT molecular complexity index is 771. The van der Waals surface area contributed by atoms with Crippen molar-refractivity contribution in [3.63, 3.8) is 0 Å². The van der Waals surface area contributed by atoms with Gasteiger partial charge in [0.25, 0.3) is 0 Å². The zero-order chi connectivity index (χ0) is 23.7. The number of esters is 1. The summed E-state index contributed by atoms with van der Waals surface area (Å²) in [6.07, 6.45) is 19.1. The van der Waals surface area contributed by atoms with Crippen molar-refractivity contribution in [1.82, 2.24) is 9.97 Å². The summed E-state index contributed by atoms with van der Waals surface area (Å²) in [6.45, 7) is 7.05. The molecule has 0 spiro atoms. The monoisotopic (exact) mass is 452 g/mol. The lowest BCUT2D eigenvalue weighted by atomic mass is 9.96. The third-order valence-electron chi connectivity index (χ3n) is 6.25. The Morgan fingerprint density at radius 1 is 0.818 bits per heavy atom. The second-order valence-electron chi connectivity index (χ2n) is 9.29. The largest absolute Gasteiger partial charge is 0.466 e. The number of hydrogen-bond acceptors (Lipinski definition) is 4. The molecule has 1 heterocycles. The Hall–Kier alpha value is -2.23. The van der Waals surface area contributed by atoms with E-state index < -0.39 is 0 Å². The number of benzene rings is 1. The predicted octanol–water partition coefficient (Wildman–Crippen LogP) is 8.05. The molecule has 182 valence electrons. The second-order valence-corrected chi connectivity index (χ2v) is 9.29. The summed E-state index contributed by atoms with van der Waals surface area (Å²) in [7, 11) is 0. The van der Waals surface area contributed by atoms with Gasteiger partial charge in [-0.05, 0) is 36.3 Å². The fraction of sp³-hybridized carbons (Fsp3) is 0.621. The fourth-order valence-electron chi connectivity index (χ4n) is 4.02. The summed E-state index contributed by atoms with van der Waals surface area (Å²) < 4.78 is 5.38. The van der Waals surface area contributed by atoms with Crippen molar-refractivity contribution >= 4 is 5.97 Å². The normalized spacial score (nSPS) is 12.0. The summed E-state index contributed by atoms with van der Waals surface area (Å²) in [5, 5.41) is 0. The molecule has 0 saturated carbocycles. The number of ether oxygens (including phenoxy) is 1. The molecule has 4 nitrogen and oxygen atoms in total. The first-order chi connectivity index (χ1) is 16.1. The molecule has 0 radical (unpaired) electrons. The van der Waals surface area contributed by atoms with Gasteiger partial charge in [0, 0.05) is 18.0 Å². The van der Waals surface area contributed by atoms with E-state index in [1.165, 1.54) is 63.4 Å². The van der Waals surface area contributed by atoms with Gasteiger partial charge in [0.15, 0.2) is 5.82 Å². The topological polar surface area (TPSA) is 52.1 Å². The highest BCUT2D eigenvalue weighted by Gasteiger charge is 2.13. The minimum absolute atomic E-state index is 0.108. The first kappa shape index (κ1) is 27.0. The van der Waals surface area contributed by atoms with Crippen LogP contribution in [0.2, 0.25) is 0 Å². The second kappa shape index (κ2) is 16.4. The van der Waals surface area contributed by atoms with Gasteiger partial charge >= 0.3 is 5.97 Å². The maximum atomic E-state index is 12.1. The van der Waals surface area contributed by atoms with Gasteiger partial charge in [-0.1, -0.05) is 103 Å². The molecular formula is C29H44N2O2. The molecule has 0 aliphatic rings. The number of aryl methyl sites for hydroxylation is 1. The molecule has 0 aliphatic carbocycles. The van der Waals surface area contributed by atoms with E-state index in [9.17, 15) is 4.79 Å². The van der Waals surface area contributed by atoms with Crippen LogP contribution in [-0.2, 0) is 16.0 Å². The van der Waals surface area contributed by atoms with E-state index >= 15 is 0 Å². The Morgan fingerprint density at radius 2 is 1.39 bits per heavy atom. The van der Waals surface area contributed by atoms with Crippen molar-refractivity contribution in [3.8, 4) is 11.4 Å². The number of carbonyl (C=O) groups excluding carboxylic acids is 1. The number of carbonyl (C=O) groups is 1.